The maximum atomic E-state index is 5.80. The molecule has 0 fully saturated rings. The molecule has 2 aromatic rings. The molecule has 0 amide bonds. The number of hydrogen-bond donors (Lipinski definition) is 1. The average molecular weight is 289 g/mol. The Labute approximate surface area is 88.7 Å². The first-order valence-electron chi connectivity index (χ1n) is 3.62. The SMILES string of the molecule is Cc1ccc2c(N)csc2c1I. The lowest BCUT2D eigenvalue weighted by Gasteiger charge is -1.98. The van der Waals surface area contributed by atoms with Gasteiger partial charge in [0.05, 0.1) is 5.69 Å². The average Bonchev–Trinajstić information content (AvgIpc) is 2.41. The third kappa shape index (κ3) is 1.11. The van der Waals surface area contributed by atoms with Gasteiger partial charge in [0, 0.05) is 19.0 Å². The van der Waals surface area contributed by atoms with Crippen molar-refractivity contribution in [1.82, 2.24) is 0 Å². The highest BCUT2D eigenvalue weighted by Crippen LogP contribution is 2.33. The van der Waals surface area contributed by atoms with E-state index >= 15 is 0 Å². The van der Waals surface area contributed by atoms with Gasteiger partial charge in [-0.1, -0.05) is 12.1 Å². The predicted octanol–water partition coefficient (Wildman–Crippen LogP) is 3.40. The zero-order chi connectivity index (χ0) is 8.72. The molecule has 1 aromatic heterocycles. The minimum atomic E-state index is 0.896. The molecule has 0 radical (unpaired) electrons. The number of rotatable bonds is 0. The van der Waals surface area contributed by atoms with Crippen molar-refractivity contribution in [3.63, 3.8) is 0 Å². The fourth-order valence-corrected chi connectivity index (χ4v) is 2.98. The van der Waals surface area contributed by atoms with E-state index in [1.54, 1.807) is 11.3 Å². The van der Waals surface area contributed by atoms with Crippen molar-refractivity contribution < 1.29 is 0 Å². The Morgan fingerprint density at radius 2 is 2.17 bits per heavy atom. The van der Waals surface area contributed by atoms with E-state index in [-0.39, 0.29) is 0 Å². The molecule has 12 heavy (non-hydrogen) atoms. The van der Waals surface area contributed by atoms with E-state index in [0.29, 0.717) is 0 Å². The Morgan fingerprint density at radius 1 is 1.42 bits per heavy atom. The lowest BCUT2D eigenvalue weighted by molar-refractivity contribution is 1.48. The normalized spacial score (nSPS) is 10.8. The van der Waals surface area contributed by atoms with E-state index < -0.39 is 0 Å². The largest absolute Gasteiger partial charge is 0.398 e. The summed E-state index contributed by atoms with van der Waals surface area (Å²) in [6.07, 6.45) is 0. The van der Waals surface area contributed by atoms with Gasteiger partial charge in [-0.25, -0.2) is 0 Å². The van der Waals surface area contributed by atoms with Crippen LogP contribution in [0.2, 0.25) is 0 Å². The zero-order valence-electron chi connectivity index (χ0n) is 6.60. The monoisotopic (exact) mass is 289 g/mol. The molecular weight excluding hydrogens is 281 g/mol. The summed E-state index contributed by atoms with van der Waals surface area (Å²) in [6, 6.07) is 4.21. The molecule has 1 nitrogen and oxygen atoms in total. The molecule has 0 atom stereocenters. The number of anilines is 1. The van der Waals surface area contributed by atoms with Crippen molar-refractivity contribution in [2.45, 2.75) is 6.92 Å². The highest BCUT2D eigenvalue weighted by atomic mass is 127. The number of benzene rings is 1. The van der Waals surface area contributed by atoms with Gasteiger partial charge < -0.3 is 5.73 Å². The smallest absolute Gasteiger partial charge is 0.0503 e. The summed E-state index contributed by atoms with van der Waals surface area (Å²) >= 11 is 4.09. The van der Waals surface area contributed by atoms with Gasteiger partial charge in [0.15, 0.2) is 0 Å². The highest BCUT2D eigenvalue weighted by molar-refractivity contribution is 14.1. The molecule has 0 saturated heterocycles. The Morgan fingerprint density at radius 3 is 2.92 bits per heavy atom. The van der Waals surface area contributed by atoms with Crippen LogP contribution >= 0.6 is 33.9 Å². The number of nitrogens with two attached hydrogens (primary N) is 1. The van der Waals surface area contributed by atoms with Crippen molar-refractivity contribution in [1.29, 1.82) is 0 Å². The Kier molecular flexibility index (Phi) is 2.00. The topological polar surface area (TPSA) is 26.0 Å². The molecule has 1 aromatic carbocycles. The zero-order valence-corrected chi connectivity index (χ0v) is 9.57. The first-order chi connectivity index (χ1) is 5.70. The number of hydrogen-bond acceptors (Lipinski definition) is 2. The van der Waals surface area contributed by atoms with Gasteiger partial charge in [-0.2, -0.15) is 0 Å². The molecule has 0 bridgehead atoms. The first kappa shape index (κ1) is 8.31. The van der Waals surface area contributed by atoms with Crippen molar-refractivity contribution in [3.8, 4) is 0 Å². The standard InChI is InChI=1S/C9H8INS/c1-5-2-3-6-7(11)4-12-9(6)8(5)10/h2-4H,11H2,1H3. The second-order valence-electron chi connectivity index (χ2n) is 2.76. The van der Waals surface area contributed by atoms with Crippen LogP contribution in [0, 0.1) is 10.5 Å². The molecule has 62 valence electrons. The van der Waals surface area contributed by atoms with Crippen LogP contribution in [0.1, 0.15) is 5.56 Å². The van der Waals surface area contributed by atoms with Gasteiger partial charge >= 0.3 is 0 Å². The third-order valence-corrected chi connectivity index (χ3v) is 4.69. The third-order valence-electron chi connectivity index (χ3n) is 1.90. The van der Waals surface area contributed by atoms with Gasteiger partial charge in [0.25, 0.3) is 0 Å². The molecule has 1 heterocycles. The summed E-state index contributed by atoms with van der Waals surface area (Å²) in [5.74, 6) is 0. The van der Waals surface area contributed by atoms with Gasteiger partial charge in [-0.05, 0) is 35.1 Å². The molecule has 0 saturated carbocycles. The van der Waals surface area contributed by atoms with E-state index in [2.05, 4.69) is 41.6 Å². The molecule has 0 aliphatic carbocycles. The molecule has 0 unspecified atom stereocenters. The van der Waals surface area contributed by atoms with Crippen LogP contribution < -0.4 is 5.73 Å². The second-order valence-corrected chi connectivity index (χ2v) is 4.72. The Hall–Kier alpha value is -0.290. The molecule has 3 heteroatoms. The Bertz CT molecular complexity index is 433. The van der Waals surface area contributed by atoms with Crippen LogP contribution in [0.3, 0.4) is 0 Å². The summed E-state index contributed by atoms with van der Waals surface area (Å²) in [6.45, 7) is 2.12. The van der Waals surface area contributed by atoms with Crippen LogP contribution in [-0.4, -0.2) is 0 Å². The van der Waals surface area contributed by atoms with Crippen molar-refractivity contribution in [2.75, 3.05) is 5.73 Å². The van der Waals surface area contributed by atoms with Crippen molar-refractivity contribution in [2.24, 2.45) is 0 Å². The molecule has 0 aliphatic heterocycles. The van der Waals surface area contributed by atoms with E-state index in [0.717, 1.165) is 5.69 Å². The minimum Gasteiger partial charge on any atom is -0.398 e. The fraction of sp³-hybridized carbons (Fsp3) is 0.111. The maximum Gasteiger partial charge on any atom is 0.0503 e. The van der Waals surface area contributed by atoms with Gasteiger partial charge in [0.1, 0.15) is 0 Å². The van der Waals surface area contributed by atoms with Crippen LogP contribution in [0.4, 0.5) is 5.69 Å². The second kappa shape index (κ2) is 2.88. The summed E-state index contributed by atoms with van der Waals surface area (Å²) < 4.78 is 2.64. The number of fused-ring (bicyclic) bond motifs is 1. The lowest BCUT2D eigenvalue weighted by Crippen LogP contribution is -1.83. The van der Waals surface area contributed by atoms with E-state index in [9.17, 15) is 0 Å². The number of aryl methyl sites for hydroxylation is 1. The van der Waals surface area contributed by atoms with E-state index in [4.69, 9.17) is 5.73 Å². The molecule has 2 N–H and O–H groups in total. The van der Waals surface area contributed by atoms with Gasteiger partial charge in [-0.3, -0.25) is 0 Å². The molecular formula is C9H8INS. The van der Waals surface area contributed by atoms with Gasteiger partial charge in [0.2, 0.25) is 0 Å². The maximum absolute atomic E-state index is 5.80. The summed E-state index contributed by atoms with van der Waals surface area (Å²) in [5.41, 5.74) is 8.02. The van der Waals surface area contributed by atoms with Crippen LogP contribution in [0.5, 0.6) is 0 Å². The summed E-state index contributed by atoms with van der Waals surface area (Å²) in [4.78, 5) is 0. The number of nitrogen functional groups attached to an aromatic ring is 1. The lowest BCUT2D eigenvalue weighted by atomic mass is 10.2. The number of thiophene rings is 1. The summed E-state index contributed by atoms with van der Waals surface area (Å²) in [5, 5.41) is 3.20. The summed E-state index contributed by atoms with van der Waals surface area (Å²) in [7, 11) is 0. The van der Waals surface area contributed by atoms with E-state index in [1.807, 2.05) is 5.38 Å². The molecule has 0 aliphatic rings. The van der Waals surface area contributed by atoms with Gasteiger partial charge in [-0.15, -0.1) is 11.3 Å². The van der Waals surface area contributed by atoms with Crippen molar-refractivity contribution in [3.05, 3.63) is 26.6 Å². The van der Waals surface area contributed by atoms with Crippen LogP contribution in [0.15, 0.2) is 17.5 Å². The minimum absolute atomic E-state index is 0.896. The van der Waals surface area contributed by atoms with Crippen molar-refractivity contribution >= 4 is 49.7 Å². The van der Waals surface area contributed by atoms with E-state index in [1.165, 1.54) is 19.2 Å². The van der Waals surface area contributed by atoms with Crippen LogP contribution in [0.25, 0.3) is 10.1 Å². The molecule has 2 rings (SSSR count). The quantitative estimate of drug-likeness (QED) is 0.739. The highest BCUT2D eigenvalue weighted by Gasteiger charge is 2.05. The number of halogens is 1. The first-order valence-corrected chi connectivity index (χ1v) is 5.58. The predicted molar refractivity (Wildman–Crippen MR) is 63.7 cm³/mol. The Balaban J connectivity index is 2.93. The van der Waals surface area contributed by atoms with Crippen LogP contribution in [-0.2, 0) is 0 Å². The fourth-order valence-electron chi connectivity index (χ4n) is 1.18. The molecule has 0 spiro atoms.